The van der Waals surface area contributed by atoms with Crippen LogP contribution in [0.15, 0.2) is 24.5 Å². The Hall–Kier alpha value is -2.01. The third-order valence-corrected chi connectivity index (χ3v) is 5.18. The van der Waals surface area contributed by atoms with E-state index in [1.165, 1.54) is 35.4 Å². The molecule has 126 valence electrons. The van der Waals surface area contributed by atoms with Crippen molar-refractivity contribution >= 4 is 5.95 Å². The molecule has 0 amide bonds. The first-order valence-corrected chi connectivity index (χ1v) is 9.02. The number of nitrogens with zero attached hydrogens (tertiary/aromatic N) is 5. The summed E-state index contributed by atoms with van der Waals surface area (Å²) in [5, 5.41) is 0. The summed E-state index contributed by atoms with van der Waals surface area (Å²) in [5.74, 6) is 0.950. The summed E-state index contributed by atoms with van der Waals surface area (Å²) in [6, 6.07) is 4.21. The van der Waals surface area contributed by atoms with Gasteiger partial charge in [-0.05, 0) is 49.4 Å². The number of aryl methyl sites for hydroxylation is 1. The summed E-state index contributed by atoms with van der Waals surface area (Å²) < 4.78 is 0. The molecule has 4 rings (SSSR count). The van der Waals surface area contributed by atoms with Crippen molar-refractivity contribution < 1.29 is 0 Å². The van der Waals surface area contributed by atoms with Crippen LogP contribution in [0.5, 0.6) is 0 Å². The van der Waals surface area contributed by atoms with Gasteiger partial charge in [0.25, 0.3) is 0 Å². The Labute approximate surface area is 143 Å². The average Bonchev–Trinajstić information content (AvgIpc) is 3.06. The molecule has 0 aromatic carbocycles. The van der Waals surface area contributed by atoms with Gasteiger partial charge < -0.3 is 4.90 Å². The van der Waals surface area contributed by atoms with E-state index in [2.05, 4.69) is 33.8 Å². The second-order valence-corrected chi connectivity index (χ2v) is 6.86. The van der Waals surface area contributed by atoms with E-state index in [1.807, 2.05) is 12.4 Å². The Balaban J connectivity index is 1.51. The van der Waals surface area contributed by atoms with Crippen molar-refractivity contribution in [1.82, 2.24) is 19.9 Å². The van der Waals surface area contributed by atoms with Crippen molar-refractivity contribution in [1.29, 1.82) is 0 Å². The van der Waals surface area contributed by atoms with Gasteiger partial charge in [-0.25, -0.2) is 9.97 Å². The predicted molar refractivity (Wildman–Crippen MR) is 95.1 cm³/mol. The Morgan fingerprint density at radius 3 is 2.50 bits per heavy atom. The summed E-state index contributed by atoms with van der Waals surface area (Å²) >= 11 is 0. The first-order valence-electron chi connectivity index (χ1n) is 9.02. The van der Waals surface area contributed by atoms with Crippen LogP contribution in [-0.2, 0) is 19.4 Å². The minimum atomic E-state index is 0.950. The van der Waals surface area contributed by atoms with Crippen LogP contribution < -0.4 is 4.90 Å². The maximum absolute atomic E-state index is 4.94. The Morgan fingerprint density at radius 1 is 0.958 bits per heavy atom. The van der Waals surface area contributed by atoms with E-state index in [0.29, 0.717) is 0 Å². The van der Waals surface area contributed by atoms with E-state index in [4.69, 9.17) is 9.97 Å². The molecule has 1 fully saturated rings. The number of anilines is 1. The largest absolute Gasteiger partial charge is 0.341 e. The first kappa shape index (κ1) is 15.5. The molecular formula is C19H25N5. The first-order chi connectivity index (χ1) is 11.8. The highest BCUT2D eigenvalue weighted by atomic mass is 15.3. The van der Waals surface area contributed by atoms with Gasteiger partial charge in [0.1, 0.15) is 0 Å². The molecule has 0 aliphatic carbocycles. The van der Waals surface area contributed by atoms with Crippen LogP contribution in [-0.4, -0.2) is 46.0 Å². The fraction of sp³-hybridized carbons (Fsp3) is 0.526. The molecule has 0 saturated carbocycles. The summed E-state index contributed by atoms with van der Waals surface area (Å²) in [6.07, 6.45) is 8.34. The highest BCUT2D eigenvalue weighted by Gasteiger charge is 2.21. The van der Waals surface area contributed by atoms with Gasteiger partial charge in [-0.1, -0.05) is 0 Å². The smallest absolute Gasteiger partial charge is 0.225 e. The van der Waals surface area contributed by atoms with E-state index in [9.17, 15) is 0 Å². The molecule has 2 aromatic heterocycles. The quantitative estimate of drug-likeness (QED) is 0.868. The highest BCUT2D eigenvalue weighted by Crippen LogP contribution is 2.23. The van der Waals surface area contributed by atoms with E-state index in [1.54, 1.807) is 0 Å². The standard InChI is InChI=1S/C19H25N5/c1-15-17-6-12-23(14-16-4-8-20-9-5-16)13-7-18(17)22-19(21-15)24-10-2-3-11-24/h4-5,8-9H,2-3,6-7,10-14H2,1H3. The van der Waals surface area contributed by atoms with Gasteiger partial charge >= 0.3 is 0 Å². The van der Waals surface area contributed by atoms with Crippen molar-refractivity contribution in [3.05, 3.63) is 47.0 Å². The lowest BCUT2D eigenvalue weighted by molar-refractivity contribution is 0.279. The van der Waals surface area contributed by atoms with Crippen LogP contribution in [0.2, 0.25) is 0 Å². The number of hydrogen-bond donors (Lipinski definition) is 0. The third-order valence-electron chi connectivity index (χ3n) is 5.18. The lowest BCUT2D eigenvalue weighted by atomic mass is 10.1. The van der Waals surface area contributed by atoms with Gasteiger partial charge in [0, 0.05) is 57.2 Å². The van der Waals surface area contributed by atoms with Crippen LogP contribution in [0.4, 0.5) is 5.95 Å². The van der Waals surface area contributed by atoms with Gasteiger partial charge in [0.2, 0.25) is 5.95 Å². The van der Waals surface area contributed by atoms with Gasteiger partial charge in [-0.2, -0.15) is 0 Å². The Morgan fingerprint density at radius 2 is 1.71 bits per heavy atom. The zero-order valence-electron chi connectivity index (χ0n) is 14.4. The maximum atomic E-state index is 4.94. The van der Waals surface area contributed by atoms with Gasteiger partial charge in [0.15, 0.2) is 0 Å². The molecule has 5 nitrogen and oxygen atoms in total. The van der Waals surface area contributed by atoms with Crippen molar-refractivity contribution in [3.8, 4) is 0 Å². The zero-order valence-corrected chi connectivity index (χ0v) is 14.4. The maximum Gasteiger partial charge on any atom is 0.225 e. The fourth-order valence-electron chi connectivity index (χ4n) is 3.78. The lowest BCUT2D eigenvalue weighted by Crippen LogP contribution is -2.26. The molecule has 0 unspecified atom stereocenters. The molecule has 0 bridgehead atoms. The number of rotatable bonds is 3. The van der Waals surface area contributed by atoms with Crippen LogP contribution >= 0.6 is 0 Å². The average molecular weight is 323 g/mol. The molecule has 0 N–H and O–H groups in total. The second kappa shape index (κ2) is 6.85. The number of fused-ring (bicyclic) bond motifs is 1. The second-order valence-electron chi connectivity index (χ2n) is 6.86. The molecule has 4 heterocycles. The van der Waals surface area contributed by atoms with Crippen LogP contribution in [0.3, 0.4) is 0 Å². The molecule has 0 radical (unpaired) electrons. The summed E-state index contributed by atoms with van der Waals surface area (Å²) in [4.78, 5) is 18.7. The van der Waals surface area contributed by atoms with Gasteiger partial charge in [0.05, 0.1) is 5.69 Å². The fourth-order valence-corrected chi connectivity index (χ4v) is 3.78. The van der Waals surface area contributed by atoms with Crippen LogP contribution in [0.1, 0.15) is 35.4 Å². The molecule has 1 saturated heterocycles. The normalized spacial score (nSPS) is 18.5. The van der Waals surface area contributed by atoms with E-state index < -0.39 is 0 Å². The molecule has 2 aliphatic rings. The van der Waals surface area contributed by atoms with Crippen molar-refractivity contribution in [2.45, 2.75) is 39.2 Å². The van der Waals surface area contributed by atoms with Crippen molar-refractivity contribution in [3.63, 3.8) is 0 Å². The molecule has 0 atom stereocenters. The summed E-state index contributed by atoms with van der Waals surface area (Å²) in [6.45, 7) is 7.48. The molecule has 0 spiro atoms. The number of aromatic nitrogens is 3. The third kappa shape index (κ3) is 3.26. The Bertz CT molecular complexity index is 694. The zero-order chi connectivity index (χ0) is 16.4. The number of hydrogen-bond acceptors (Lipinski definition) is 5. The van der Waals surface area contributed by atoms with Crippen LogP contribution in [0, 0.1) is 6.92 Å². The minimum Gasteiger partial charge on any atom is -0.341 e. The topological polar surface area (TPSA) is 45.2 Å². The predicted octanol–water partition coefficient (Wildman–Crippen LogP) is 2.38. The van der Waals surface area contributed by atoms with E-state index in [-0.39, 0.29) is 0 Å². The molecule has 2 aromatic rings. The monoisotopic (exact) mass is 323 g/mol. The van der Waals surface area contributed by atoms with Crippen molar-refractivity contribution in [2.75, 3.05) is 31.1 Å². The van der Waals surface area contributed by atoms with Crippen molar-refractivity contribution in [2.24, 2.45) is 0 Å². The van der Waals surface area contributed by atoms with Crippen LogP contribution in [0.25, 0.3) is 0 Å². The molecule has 5 heteroatoms. The highest BCUT2D eigenvalue weighted by molar-refractivity contribution is 5.38. The number of pyridine rings is 1. The lowest BCUT2D eigenvalue weighted by Gasteiger charge is -2.19. The Kier molecular flexibility index (Phi) is 4.43. The summed E-state index contributed by atoms with van der Waals surface area (Å²) in [5.41, 5.74) is 5.14. The minimum absolute atomic E-state index is 0.950. The van der Waals surface area contributed by atoms with Gasteiger partial charge in [-0.3, -0.25) is 9.88 Å². The molecular weight excluding hydrogens is 298 g/mol. The van der Waals surface area contributed by atoms with E-state index in [0.717, 1.165) is 51.5 Å². The molecule has 24 heavy (non-hydrogen) atoms. The SMILES string of the molecule is Cc1nc(N2CCCC2)nc2c1CCN(Cc1ccncc1)CC2. The molecule has 2 aliphatic heterocycles. The summed E-state index contributed by atoms with van der Waals surface area (Å²) in [7, 11) is 0. The van der Waals surface area contributed by atoms with E-state index >= 15 is 0 Å². The van der Waals surface area contributed by atoms with Gasteiger partial charge in [-0.15, -0.1) is 0 Å².